The molecule has 0 saturated carbocycles. The third-order valence-electron chi connectivity index (χ3n) is 11.2. The lowest BCUT2D eigenvalue weighted by Crippen LogP contribution is -2.06. The first-order valence-corrected chi connectivity index (χ1v) is 20.0. The SMILES string of the molecule is [2H]c1c(-c2ccccc2)c([2H])c(-c2nc(-c3ccc4c(c3)oc3cccc(-c5ccccc5)c34)nc(-n3c4c([2H])c([2H])c([2H])c([2H])c4c4c([2H])c([2H])c5oc6c([2H])c([2H])c([2H])c([2H])c6c5c43)n2)c([2H])c1-c1ccccc1. The summed E-state index contributed by atoms with van der Waals surface area (Å²) in [5.74, 6) is -0.670. The van der Waals surface area contributed by atoms with Gasteiger partial charge >= 0.3 is 0 Å². The fourth-order valence-electron chi connectivity index (χ4n) is 8.42. The van der Waals surface area contributed by atoms with Crippen LogP contribution in [0, 0.1) is 0 Å². The van der Waals surface area contributed by atoms with Gasteiger partial charge in [-0.25, -0.2) is 4.98 Å². The van der Waals surface area contributed by atoms with Crippen LogP contribution >= 0.6 is 0 Å². The predicted molar refractivity (Wildman–Crippen MR) is 256 cm³/mol. The zero-order valence-electron chi connectivity index (χ0n) is 45.7. The minimum atomic E-state index is -0.665. The first kappa shape index (κ1) is 24.6. The highest BCUT2D eigenvalue weighted by atomic mass is 16.3. The van der Waals surface area contributed by atoms with Gasteiger partial charge in [-0.2, -0.15) is 9.97 Å². The zero-order valence-corrected chi connectivity index (χ0v) is 32.7. The summed E-state index contributed by atoms with van der Waals surface area (Å²) < 4.78 is 134. The minimum Gasteiger partial charge on any atom is -0.456 e. The molecular weight excluding hydrogens is 773 g/mol. The summed E-state index contributed by atoms with van der Waals surface area (Å²) in [7, 11) is 0. The molecular formula is C57H34N4O2. The van der Waals surface area contributed by atoms with Crippen LogP contribution in [0.2, 0.25) is 0 Å². The third kappa shape index (κ3) is 5.69. The molecule has 6 nitrogen and oxygen atoms in total. The molecule has 0 aliphatic carbocycles. The maximum atomic E-state index is 9.94. The van der Waals surface area contributed by atoms with Crippen molar-refractivity contribution in [2.45, 2.75) is 0 Å². The molecule has 0 spiro atoms. The number of aromatic nitrogens is 4. The summed E-state index contributed by atoms with van der Waals surface area (Å²) in [5, 5.41) is 0.923. The first-order chi connectivity index (χ1) is 36.7. The molecule has 0 unspecified atom stereocenters. The van der Waals surface area contributed by atoms with E-state index in [1.165, 1.54) is 4.57 Å². The Kier molecular flexibility index (Phi) is 5.46. The number of nitrogens with zero attached hydrogens (tertiary/aromatic N) is 4. The van der Waals surface area contributed by atoms with Crippen molar-refractivity contribution in [3.63, 3.8) is 0 Å². The molecule has 0 saturated heterocycles. The van der Waals surface area contributed by atoms with Gasteiger partial charge in [-0.15, -0.1) is 0 Å². The zero-order chi connectivity index (χ0) is 52.7. The molecule has 0 bridgehead atoms. The monoisotopic (exact) mass is 819 g/mol. The molecule has 0 aliphatic heterocycles. The molecule has 4 aromatic heterocycles. The number of para-hydroxylation sites is 2. The standard InChI is InChI=1S/C57H34N4O2/c1-4-15-35(16-5-1)39-31-40(36-17-6-2-7-18-36)33-41(32-39)56-58-55(38-27-28-46-51(34-38)63-49-26-14-23-42(52(46)49)37-19-8-3-9-20-37)59-57(60-56)61-47-24-12-10-21-43(47)44-29-30-50-53(54(44)61)45-22-11-13-25-48(45)62-50/h1-34H/i10D,11D,12D,13D,21D,22D,24D,25D,29D,30D,31D,32D,33D. The highest BCUT2D eigenvalue weighted by Crippen LogP contribution is 2.42. The summed E-state index contributed by atoms with van der Waals surface area (Å²) in [5.41, 5.74) is 3.47. The van der Waals surface area contributed by atoms with Crippen LogP contribution in [-0.2, 0) is 0 Å². The van der Waals surface area contributed by atoms with Crippen LogP contribution < -0.4 is 0 Å². The number of rotatable bonds is 6. The normalized spacial score (nSPS) is 14.7. The van der Waals surface area contributed by atoms with Gasteiger partial charge in [-0.1, -0.05) is 145 Å². The van der Waals surface area contributed by atoms with Crippen LogP contribution in [0.5, 0.6) is 0 Å². The molecule has 63 heavy (non-hydrogen) atoms. The predicted octanol–water partition coefficient (Wildman–Crippen LogP) is 15.1. The molecule has 9 aromatic carbocycles. The van der Waals surface area contributed by atoms with Gasteiger partial charge in [0.15, 0.2) is 11.6 Å². The van der Waals surface area contributed by atoms with Gasteiger partial charge in [0.25, 0.3) is 0 Å². The van der Waals surface area contributed by atoms with Gasteiger partial charge in [-0.3, -0.25) is 4.57 Å². The summed E-state index contributed by atoms with van der Waals surface area (Å²) in [6, 6.07) is 32.1. The van der Waals surface area contributed by atoms with Gasteiger partial charge in [0.2, 0.25) is 5.95 Å². The molecule has 4 heterocycles. The van der Waals surface area contributed by atoms with Crippen molar-refractivity contribution in [1.82, 2.24) is 19.5 Å². The van der Waals surface area contributed by atoms with E-state index in [1.807, 2.05) is 54.6 Å². The van der Waals surface area contributed by atoms with E-state index in [0.29, 0.717) is 27.9 Å². The number of hydrogen-bond acceptors (Lipinski definition) is 5. The lowest BCUT2D eigenvalue weighted by molar-refractivity contribution is 0.668. The molecule has 6 heteroatoms. The van der Waals surface area contributed by atoms with Crippen molar-refractivity contribution in [1.29, 1.82) is 0 Å². The quantitative estimate of drug-likeness (QED) is 0.167. The second-order valence-electron chi connectivity index (χ2n) is 14.9. The van der Waals surface area contributed by atoms with Crippen molar-refractivity contribution in [2.75, 3.05) is 0 Å². The number of hydrogen-bond donors (Lipinski definition) is 0. The minimum absolute atomic E-state index is 0.0591. The van der Waals surface area contributed by atoms with Crippen LogP contribution in [0.1, 0.15) is 17.8 Å². The van der Waals surface area contributed by atoms with E-state index in [1.54, 1.807) is 72.8 Å². The van der Waals surface area contributed by atoms with E-state index in [0.717, 1.165) is 21.9 Å². The van der Waals surface area contributed by atoms with Crippen molar-refractivity contribution in [3.8, 4) is 62.1 Å². The van der Waals surface area contributed by atoms with Crippen molar-refractivity contribution in [3.05, 3.63) is 206 Å². The number of fused-ring (bicyclic) bond motifs is 10. The average molecular weight is 820 g/mol. The van der Waals surface area contributed by atoms with E-state index in [4.69, 9.17) is 30.6 Å². The average Bonchev–Trinajstić information content (AvgIpc) is 4.25. The number of benzene rings is 9. The van der Waals surface area contributed by atoms with Crippen LogP contribution in [0.25, 0.3) is 128 Å². The molecule has 0 atom stereocenters. The van der Waals surface area contributed by atoms with E-state index in [-0.39, 0.29) is 96.2 Å². The highest BCUT2D eigenvalue weighted by Gasteiger charge is 2.23. The molecule has 13 rings (SSSR count). The second kappa shape index (κ2) is 14.0. The second-order valence-corrected chi connectivity index (χ2v) is 14.9. The maximum absolute atomic E-state index is 9.94. The number of furan rings is 2. The van der Waals surface area contributed by atoms with Crippen molar-refractivity contribution >= 4 is 65.7 Å². The van der Waals surface area contributed by atoms with Crippen molar-refractivity contribution in [2.24, 2.45) is 0 Å². The Morgan fingerprint density at radius 2 is 1.03 bits per heavy atom. The van der Waals surface area contributed by atoms with E-state index < -0.39 is 60.4 Å². The first-order valence-electron chi connectivity index (χ1n) is 26.5. The smallest absolute Gasteiger partial charge is 0.238 e. The van der Waals surface area contributed by atoms with Gasteiger partial charge in [0, 0.05) is 38.1 Å². The van der Waals surface area contributed by atoms with Crippen LogP contribution in [0.3, 0.4) is 0 Å². The largest absolute Gasteiger partial charge is 0.456 e. The Morgan fingerprint density at radius 1 is 0.397 bits per heavy atom. The van der Waals surface area contributed by atoms with Crippen LogP contribution in [-0.4, -0.2) is 19.5 Å². The van der Waals surface area contributed by atoms with Gasteiger partial charge in [0.05, 0.1) is 34.2 Å². The van der Waals surface area contributed by atoms with Gasteiger partial charge < -0.3 is 8.83 Å². The maximum Gasteiger partial charge on any atom is 0.238 e. The van der Waals surface area contributed by atoms with E-state index in [9.17, 15) is 11.0 Å². The van der Waals surface area contributed by atoms with E-state index >= 15 is 0 Å². The molecule has 294 valence electrons. The third-order valence-corrected chi connectivity index (χ3v) is 11.2. The molecule has 0 fully saturated rings. The molecule has 13 aromatic rings. The topological polar surface area (TPSA) is 69.9 Å². The summed E-state index contributed by atoms with van der Waals surface area (Å²) in [4.78, 5) is 15.1. The Balaban J connectivity index is 1.21. The Labute approximate surface area is 379 Å². The molecule has 0 aliphatic rings. The summed E-state index contributed by atoms with van der Waals surface area (Å²) >= 11 is 0. The van der Waals surface area contributed by atoms with Gasteiger partial charge in [-0.05, 0) is 93.9 Å². The van der Waals surface area contributed by atoms with Crippen LogP contribution in [0.4, 0.5) is 0 Å². The fourth-order valence-corrected chi connectivity index (χ4v) is 8.42. The van der Waals surface area contributed by atoms with Gasteiger partial charge in [0.1, 0.15) is 22.3 Å². The van der Waals surface area contributed by atoms with E-state index in [2.05, 4.69) is 0 Å². The summed E-state index contributed by atoms with van der Waals surface area (Å²) in [6.45, 7) is 0. The Bertz CT molecular complexity index is 4610. The molecule has 0 N–H and O–H groups in total. The highest BCUT2D eigenvalue weighted by molar-refractivity contribution is 6.24. The summed E-state index contributed by atoms with van der Waals surface area (Å²) in [6.07, 6.45) is 0. The Morgan fingerprint density at radius 3 is 1.78 bits per heavy atom. The van der Waals surface area contributed by atoms with Crippen LogP contribution in [0.15, 0.2) is 215 Å². The molecule has 0 radical (unpaired) electrons. The molecule has 0 amide bonds. The lowest BCUT2D eigenvalue weighted by Gasteiger charge is -2.13. The lowest BCUT2D eigenvalue weighted by atomic mass is 9.96. The van der Waals surface area contributed by atoms with Crippen molar-refractivity contribution < 1.29 is 26.7 Å². The Hall–Kier alpha value is -8.61. The fraction of sp³-hybridized carbons (Fsp3) is 0.